The van der Waals surface area contributed by atoms with E-state index in [1.807, 2.05) is 35.2 Å². The Hall–Kier alpha value is -2.08. The van der Waals surface area contributed by atoms with Gasteiger partial charge in [-0.1, -0.05) is 18.2 Å². The number of rotatable bonds is 4. The molecule has 2 amide bonds. The van der Waals surface area contributed by atoms with E-state index in [-0.39, 0.29) is 12.0 Å². The van der Waals surface area contributed by atoms with Crippen LogP contribution in [-0.4, -0.2) is 79.1 Å². The van der Waals surface area contributed by atoms with Crippen molar-refractivity contribution in [2.75, 3.05) is 52.4 Å². The smallest absolute Gasteiger partial charge is 0.409 e. The molecule has 0 bridgehead atoms. The lowest BCUT2D eigenvalue weighted by molar-refractivity contribution is 0.0629. The molecule has 0 N–H and O–H groups in total. The lowest BCUT2D eigenvalue weighted by Gasteiger charge is -2.35. The van der Waals surface area contributed by atoms with Crippen LogP contribution in [-0.2, 0) is 4.74 Å². The summed E-state index contributed by atoms with van der Waals surface area (Å²) in [5.41, 5.74) is 0.746. The van der Waals surface area contributed by atoms with Crippen LogP contribution < -0.4 is 0 Å². The van der Waals surface area contributed by atoms with Gasteiger partial charge in [0, 0.05) is 44.8 Å². The normalized spacial score (nSPS) is 19.4. The first-order chi connectivity index (χ1) is 10.7. The number of carbonyl (C=O) groups is 2. The van der Waals surface area contributed by atoms with E-state index in [9.17, 15) is 9.59 Å². The number of carbonyl (C=O) groups excluding carboxylic acids is 2. The molecule has 0 aromatic heterocycles. The van der Waals surface area contributed by atoms with Gasteiger partial charge in [0.25, 0.3) is 5.91 Å². The van der Waals surface area contributed by atoms with Crippen molar-refractivity contribution in [3.05, 3.63) is 35.9 Å². The van der Waals surface area contributed by atoms with Crippen LogP contribution >= 0.6 is 0 Å². The maximum Gasteiger partial charge on any atom is 0.409 e. The Kier molecular flexibility index (Phi) is 4.58. The summed E-state index contributed by atoms with van der Waals surface area (Å²) in [6, 6.07) is 9.40. The highest BCUT2D eigenvalue weighted by Crippen LogP contribution is 2.09. The van der Waals surface area contributed by atoms with E-state index in [0.717, 1.165) is 38.3 Å². The largest absolute Gasteiger partial charge is 0.448 e. The molecule has 3 rings (SSSR count). The van der Waals surface area contributed by atoms with Crippen molar-refractivity contribution < 1.29 is 14.3 Å². The van der Waals surface area contributed by atoms with Gasteiger partial charge in [-0.05, 0) is 12.1 Å². The zero-order valence-corrected chi connectivity index (χ0v) is 12.6. The first-order valence-corrected chi connectivity index (χ1v) is 7.72. The summed E-state index contributed by atoms with van der Waals surface area (Å²) in [5.74, 6) is 0.100. The average molecular weight is 303 g/mol. The van der Waals surface area contributed by atoms with E-state index < -0.39 is 0 Å². The minimum Gasteiger partial charge on any atom is -0.448 e. The predicted molar refractivity (Wildman–Crippen MR) is 81.7 cm³/mol. The van der Waals surface area contributed by atoms with E-state index in [2.05, 4.69) is 4.90 Å². The van der Waals surface area contributed by atoms with Crippen LogP contribution in [0.1, 0.15) is 10.4 Å². The summed E-state index contributed by atoms with van der Waals surface area (Å²) in [6.45, 7) is 5.89. The van der Waals surface area contributed by atoms with Gasteiger partial charge in [-0.3, -0.25) is 9.69 Å². The monoisotopic (exact) mass is 303 g/mol. The van der Waals surface area contributed by atoms with Crippen molar-refractivity contribution in [1.82, 2.24) is 14.7 Å². The predicted octanol–water partition coefficient (Wildman–Crippen LogP) is 0.897. The zero-order chi connectivity index (χ0) is 15.4. The molecule has 2 saturated heterocycles. The molecule has 0 saturated carbocycles. The Morgan fingerprint density at radius 2 is 1.73 bits per heavy atom. The van der Waals surface area contributed by atoms with Gasteiger partial charge in [0.1, 0.15) is 6.61 Å². The number of hydrogen-bond donors (Lipinski definition) is 0. The van der Waals surface area contributed by atoms with Crippen LogP contribution in [0.25, 0.3) is 0 Å². The van der Waals surface area contributed by atoms with Gasteiger partial charge in [0.15, 0.2) is 0 Å². The lowest BCUT2D eigenvalue weighted by atomic mass is 10.2. The highest BCUT2D eigenvalue weighted by atomic mass is 16.6. The Bertz CT molecular complexity index is 527. The van der Waals surface area contributed by atoms with Crippen LogP contribution in [0, 0.1) is 0 Å². The van der Waals surface area contributed by atoms with E-state index in [4.69, 9.17) is 4.74 Å². The quantitative estimate of drug-likeness (QED) is 0.829. The Labute approximate surface area is 130 Å². The molecule has 0 aliphatic carbocycles. The molecule has 2 fully saturated rings. The second-order valence-corrected chi connectivity index (χ2v) is 5.60. The van der Waals surface area contributed by atoms with Crippen molar-refractivity contribution in [2.45, 2.75) is 0 Å². The number of hydrogen-bond acceptors (Lipinski definition) is 4. The molecule has 22 heavy (non-hydrogen) atoms. The van der Waals surface area contributed by atoms with Gasteiger partial charge in [0.2, 0.25) is 0 Å². The van der Waals surface area contributed by atoms with Crippen LogP contribution in [0.15, 0.2) is 30.3 Å². The third kappa shape index (κ3) is 3.39. The zero-order valence-electron chi connectivity index (χ0n) is 12.6. The first-order valence-electron chi connectivity index (χ1n) is 7.72. The fourth-order valence-corrected chi connectivity index (χ4v) is 2.83. The standard InChI is InChI=1S/C16H21N3O3/c20-15(14-4-2-1-3-5-14)18-9-6-17(7-10-18)8-11-19-12-13-22-16(19)21/h1-5H,6-13H2. The minimum atomic E-state index is -0.210. The van der Waals surface area contributed by atoms with Crippen molar-refractivity contribution in [2.24, 2.45) is 0 Å². The van der Waals surface area contributed by atoms with Crippen LogP contribution in [0.2, 0.25) is 0 Å². The number of cyclic esters (lactones) is 1. The molecular formula is C16H21N3O3. The summed E-state index contributed by atoms with van der Waals surface area (Å²) in [5, 5.41) is 0. The van der Waals surface area contributed by atoms with Crippen LogP contribution in [0.3, 0.4) is 0 Å². The number of piperazine rings is 1. The molecule has 1 aromatic carbocycles. The average Bonchev–Trinajstić information content (AvgIpc) is 2.99. The summed E-state index contributed by atoms with van der Waals surface area (Å²) in [4.78, 5) is 29.7. The van der Waals surface area contributed by atoms with Crippen LogP contribution in [0.4, 0.5) is 4.79 Å². The molecule has 2 aliphatic rings. The maximum atomic E-state index is 12.4. The molecule has 2 aliphatic heterocycles. The number of ether oxygens (including phenoxy) is 1. The maximum absolute atomic E-state index is 12.4. The van der Waals surface area contributed by atoms with Crippen molar-refractivity contribution in [3.8, 4) is 0 Å². The van der Waals surface area contributed by atoms with Gasteiger partial charge in [-0.25, -0.2) is 4.79 Å². The molecule has 0 unspecified atom stereocenters. The van der Waals surface area contributed by atoms with E-state index in [1.165, 1.54) is 0 Å². The number of nitrogens with zero attached hydrogens (tertiary/aromatic N) is 3. The molecule has 1 aromatic rings. The minimum absolute atomic E-state index is 0.100. The second-order valence-electron chi connectivity index (χ2n) is 5.60. The summed E-state index contributed by atoms with van der Waals surface area (Å²) in [7, 11) is 0. The summed E-state index contributed by atoms with van der Waals surface area (Å²) in [6.07, 6.45) is -0.210. The van der Waals surface area contributed by atoms with Gasteiger partial charge in [-0.2, -0.15) is 0 Å². The second kappa shape index (κ2) is 6.79. The molecular weight excluding hydrogens is 282 g/mol. The molecule has 0 radical (unpaired) electrons. The Morgan fingerprint density at radius 3 is 2.36 bits per heavy atom. The van der Waals surface area contributed by atoms with Gasteiger partial charge in [-0.15, -0.1) is 0 Å². The molecule has 118 valence electrons. The Balaban J connectivity index is 1.44. The van der Waals surface area contributed by atoms with Gasteiger partial charge >= 0.3 is 6.09 Å². The van der Waals surface area contributed by atoms with Crippen LogP contribution in [0.5, 0.6) is 0 Å². The molecule has 6 nitrogen and oxygen atoms in total. The summed E-state index contributed by atoms with van der Waals surface area (Å²) < 4.78 is 4.92. The summed E-state index contributed by atoms with van der Waals surface area (Å²) >= 11 is 0. The van der Waals surface area contributed by atoms with E-state index >= 15 is 0 Å². The van der Waals surface area contributed by atoms with Crippen molar-refractivity contribution in [1.29, 1.82) is 0 Å². The number of benzene rings is 1. The molecule has 0 atom stereocenters. The fourth-order valence-electron chi connectivity index (χ4n) is 2.83. The number of amides is 2. The lowest BCUT2D eigenvalue weighted by Crippen LogP contribution is -2.50. The Morgan fingerprint density at radius 1 is 1.00 bits per heavy atom. The topological polar surface area (TPSA) is 53.1 Å². The third-order valence-corrected chi connectivity index (χ3v) is 4.21. The van der Waals surface area contributed by atoms with E-state index in [1.54, 1.807) is 4.90 Å². The molecule has 2 heterocycles. The van der Waals surface area contributed by atoms with Crippen molar-refractivity contribution in [3.63, 3.8) is 0 Å². The molecule has 0 spiro atoms. The first kappa shape index (κ1) is 14.8. The van der Waals surface area contributed by atoms with Crippen molar-refractivity contribution >= 4 is 12.0 Å². The highest BCUT2D eigenvalue weighted by molar-refractivity contribution is 5.94. The SMILES string of the molecule is O=C1OCCN1CCN1CCN(C(=O)c2ccccc2)CC1. The highest BCUT2D eigenvalue weighted by Gasteiger charge is 2.25. The third-order valence-electron chi connectivity index (χ3n) is 4.21. The fraction of sp³-hybridized carbons (Fsp3) is 0.500. The molecule has 6 heteroatoms. The van der Waals surface area contributed by atoms with E-state index in [0.29, 0.717) is 19.7 Å². The van der Waals surface area contributed by atoms with Gasteiger partial charge < -0.3 is 14.5 Å². The van der Waals surface area contributed by atoms with Gasteiger partial charge in [0.05, 0.1) is 6.54 Å².